The highest BCUT2D eigenvalue weighted by atomic mass is 16.6. The summed E-state index contributed by atoms with van der Waals surface area (Å²) in [6.07, 6.45) is 2.75. The molecule has 0 atom stereocenters. The molecule has 0 amide bonds. The Kier molecular flexibility index (Phi) is 5.97. The van der Waals surface area contributed by atoms with Gasteiger partial charge in [-0.15, -0.1) is 0 Å². The summed E-state index contributed by atoms with van der Waals surface area (Å²) < 4.78 is 0. The average molecular weight is 117 g/mol. The fourth-order valence-electron chi connectivity index (χ4n) is 0.264. The Morgan fingerprint density at radius 2 is 2.50 bits per heavy atom. The van der Waals surface area contributed by atoms with Gasteiger partial charge in [0.2, 0.25) is 0 Å². The molecule has 0 aromatic rings. The lowest BCUT2D eigenvalue weighted by Crippen LogP contribution is -1.72. The van der Waals surface area contributed by atoms with Crippen LogP contribution in [0.3, 0.4) is 0 Å². The van der Waals surface area contributed by atoms with Gasteiger partial charge in [-0.25, -0.2) is 0 Å². The normalized spacial score (nSPS) is 14.2. The van der Waals surface area contributed by atoms with E-state index in [9.17, 15) is 0 Å². The van der Waals surface area contributed by atoms with Gasteiger partial charge in [0.1, 0.15) is 6.61 Å². The molecule has 0 fully saturated rings. The van der Waals surface area contributed by atoms with Crippen molar-refractivity contribution in [3.63, 3.8) is 0 Å². The van der Waals surface area contributed by atoms with Crippen molar-refractivity contribution in [3.8, 4) is 0 Å². The first-order valence-corrected chi connectivity index (χ1v) is 2.66. The first kappa shape index (κ1) is 7.43. The molecule has 0 aromatic carbocycles. The second kappa shape index (κ2) is 6.43. The molecule has 0 aliphatic carbocycles. The van der Waals surface area contributed by atoms with Crippen LogP contribution in [0.25, 0.3) is 0 Å². The van der Waals surface area contributed by atoms with Crippen LogP contribution in [-0.4, -0.2) is 24.5 Å². The van der Waals surface area contributed by atoms with Crippen LogP contribution < -0.4 is 0 Å². The van der Waals surface area contributed by atoms with E-state index in [1.165, 1.54) is 0 Å². The Labute approximate surface area is 49.0 Å². The molecule has 8 heavy (non-hydrogen) atoms. The van der Waals surface area contributed by atoms with Crippen LogP contribution in [0.4, 0.5) is 0 Å². The zero-order chi connectivity index (χ0) is 6.24. The number of rotatable bonds is 0. The predicted octanol–water partition coefficient (Wildman–Crippen LogP) is 0.391. The number of aliphatic hydroxyl groups excluding tert-OH is 1. The number of nitrogens with zero attached hydrogens (tertiary/aromatic N) is 1. The lowest BCUT2D eigenvalue weighted by atomic mass is 10.5. The highest BCUT2D eigenvalue weighted by Gasteiger charge is 1.86. The van der Waals surface area contributed by atoms with Crippen molar-refractivity contribution >= 4 is 6.21 Å². The van der Waals surface area contributed by atoms with Crippen molar-refractivity contribution in [1.82, 2.24) is 0 Å². The quantitative estimate of drug-likeness (QED) is 0.498. The predicted molar refractivity (Wildman–Crippen MR) is 31.8 cm³/mol. The number of aliphatic hydroxyl groups is 1. The van der Waals surface area contributed by atoms with Gasteiger partial charge in [-0.05, 0) is 6.92 Å². The summed E-state index contributed by atoms with van der Waals surface area (Å²) in [6.45, 7) is 2.71. The summed E-state index contributed by atoms with van der Waals surface area (Å²) in [6, 6.07) is 0. The van der Waals surface area contributed by atoms with E-state index in [1.54, 1.807) is 13.1 Å². The minimum absolute atomic E-state index is 0.250. The van der Waals surface area contributed by atoms with Gasteiger partial charge in [0.05, 0.1) is 0 Å². The monoisotopic (exact) mass is 117 g/mol. The second-order valence-corrected chi connectivity index (χ2v) is 1.23. The van der Waals surface area contributed by atoms with Gasteiger partial charge < -0.3 is 9.94 Å². The Morgan fingerprint density at radius 1 is 1.88 bits per heavy atom. The molecule has 1 aliphatic rings. The van der Waals surface area contributed by atoms with Crippen molar-refractivity contribution in [2.45, 2.75) is 13.3 Å². The maximum absolute atomic E-state index is 7.57. The maximum Gasteiger partial charge on any atom is 0.122 e. The summed E-state index contributed by atoms with van der Waals surface area (Å²) in [5.74, 6) is 0. The highest BCUT2D eigenvalue weighted by Crippen LogP contribution is 1.86. The minimum Gasteiger partial charge on any atom is -0.397 e. The largest absolute Gasteiger partial charge is 0.397 e. The first-order valence-electron chi connectivity index (χ1n) is 2.66. The summed E-state index contributed by atoms with van der Waals surface area (Å²) in [7, 11) is 0. The van der Waals surface area contributed by atoms with Gasteiger partial charge in [-0.1, -0.05) is 5.16 Å². The molecule has 0 unspecified atom stereocenters. The van der Waals surface area contributed by atoms with E-state index < -0.39 is 0 Å². The van der Waals surface area contributed by atoms with Crippen molar-refractivity contribution in [2.75, 3.05) is 13.2 Å². The van der Waals surface area contributed by atoms with Gasteiger partial charge >= 0.3 is 0 Å². The second-order valence-electron chi connectivity index (χ2n) is 1.23. The van der Waals surface area contributed by atoms with Crippen molar-refractivity contribution < 1.29 is 9.94 Å². The number of hydrogen-bond acceptors (Lipinski definition) is 3. The Bertz CT molecular complexity index is 57.4. The maximum atomic E-state index is 7.57. The summed E-state index contributed by atoms with van der Waals surface area (Å²) in [5.41, 5.74) is 0. The molecule has 1 heterocycles. The molecule has 3 heteroatoms. The molecule has 0 bridgehead atoms. The Hall–Kier alpha value is -0.570. The minimum atomic E-state index is 0.250. The molecule has 0 saturated heterocycles. The molecule has 3 nitrogen and oxygen atoms in total. The third kappa shape index (κ3) is 5.43. The lowest BCUT2D eigenvalue weighted by Gasteiger charge is -1.76. The Balaban J connectivity index is 0.000000145. The van der Waals surface area contributed by atoms with Crippen LogP contribution in [0.15, 0.2) is 5.16 Å². The third-order valence-corrected chi connectivity index (χ3v) is 0.487. The molecule has 1 N–H and O–H groups in total. The van der Waals surface area contributed by atoms with E-state index in [4.69, 9.17) is 5.11 Å². The fourth-order valence-corrected chi connectivity index (χ4v) is 0.264. The molecule has 1 aliphatic heterocycles. The zero-order valence-corrected chi connectivity index (χ0v) is 5.00. The van der Waals surface area contributed by atoms with Gasteiger partial charge in [-0.3, -0.25) is 0 Å². The van der Waals surface area contributed by atoms with Crippen molar-refractivity contribution in [2.24, 2.45) is 5.16 Å². The fraction of sp³-hybridized carbons (Fsp3) is 0.800. The molecule has 1 rings (SSSR count). The molecular weight excluding hydrogens is 106 g/mol. The third-order valence-electron chi connectivity index (χ3n) is 0.487. The molecule has 48 valence electrons. The Morgan fingerprint density at radius 3 is 2.62 bits per heavy atom. The van der Waals surface area contributed by atoms with Gasteiger partial charge in [-0.2, -0.15) is 0 Å². The average Bonchev–Trinajstić information content (AvgIpc) is 2.17. The topological polar surface area (TPSA) is 41.8 Å². The first-order chi connectivity index (χ1) is 3.91. The van der Waals surface area contributed by atoms with E-state index in [0.717, 1.165) is 13.0 Å². The van der Waals surface area contributed by atoms with Gasteiger partial charge in [0, 0.05) is 19.2 Å². The van der Waals surface area contributed by atoms with E-state index in [2.05, 4.69) is 9.99 Å². The lowest BCUT2D eigenvalue weighted by molar-refractivity contribution is 0.174. The number of oxime groups is 1. The number of hydrogen-bond donors (Lipinski definition) is 1. The van der Waals surface area contributed by atoms with Crippen molar-refractivity contribution in [3.05, 3.63) is 0 Å². The van der Waals surface area contributed by atoms with E-state index in [0.29, 0.717) is 0 Å². The zero-order valence-electron chi connectivity index (χ0n) is 5.00. The van der Waals surface area contributed by atoms with Crippen LogP contribution in [0, 0.1) is 0 Å². The van der Waals surface area contributed by atoms with E-state index in [1.807, 2.05) is 0 Å². The summed E-state index contributed by atoms with van der Waals surface area (Å²) in [4.78, 5) is 4.51. The van der Waals surface area contributed by atoms with Crippen LogP contribution in [-0.2, 0) is 4.84 Å². The van der Waals surface area contributed by atoms with Crippen LogP contribution >= 0.6 is 0 Å². The van der Waals surface area contributed by atoms with Crippen LogP contribution in [0.1, 0.15) is 13.3 Å². The van der Waals surface area contributed by atoms with E-state index in [-0.39, 0.29) is 6.61 Å². The van der Waals surface area contributed by atoms with Gasteiger partial charge in [0.25, 0.3) is 0 Å². The standard InChI is InChI=1S/C3H5NO.C2H6O/c1-2-4-5-3-1;1-2-3/h2H,1,3H2;3H,2H2,1H3. The smallest absolute Gasteiger partial charge is 0.122 e. The SMILES string of the molecule is C1=NOCC1.CCO. The van der Waals surface area contributed by atoms with Gasteiger partial charge in [0.15, 0.2) is 0 Å². The summed E-state index contributed by atoms with van der Waals surface area (Å²) >= 11 is 0. The van der Waals surface area contributed by atoms with Crippen LogP contribution in [0.2, 0.25) is 0 Å². The molecular formula is C5H11NO2. The molecule has 0 radical (unpaired) electrons. The van der Waals surface area contributed by atoms with Crippen LogP contribution in [0.5, 0.6) is 0 Å². The van der Waals surface area contributed by atoms with Crippen molar-refractivity contribution in [1.29, 1.82) is 0 Å². The van der Waals surface area contributed by atoms with E-state index >= 15 is 0 Å². The summed E-state index contributed by atoms with van der Waals surface area (Å²) in [5, 5.41) is 11.0. The molecule has 0 aromatic heterocycles. The molecule has 0 spiro atoms. The highest BCUT2D eigenvalue weighted by molar-refractivity contribution is 5.57. The molecule has 0 saturated carbocycles.